The van der Waals surface area contributed by atoms with Crippen molar-refractivity contribution in [3.8, 4) is 0 Å². The van der Waals surface area contributed by atoms with Crippen LogP contribution < -0.4 is 11.1 Å². The number of oxime groups is 1. The molecule has 0 saturated heterocycles. The summed E-state index contributed by atoms with van der Waals surface area (Å²) >= 11 is 0. The third-order valence-corrected chi connectivity index (χ3v) is 2.79. The highest BCUT2D eigenvalue weighted by Crippen LogP contribution is 2.34. The van der Waals surface area contributed by atoms with Crippen LogP contribution in [0, 0.1) is 5.92 Å². The molecule has 1 atom stereocenters. The maximum Gasteiger partial charge on any atom is 0.231 e. The molecule has 4 N–H and O–H groups in total. The van der Waals surface area contributed by atoms with Crippen molar-refractivity contribution in [2.45, 2.75) is 45.1 Å². The fourth-order valence-corrected chi connectivity index (χ4v) is 1.47. The number of nitrogens with zero attached hydrogens (tertiary/aromatic N) is 1. The summed E-state index contributed by atoms with van der Waals surface area (Å²) in [7, 11) is 0. The number of hydrogen-bond acceptors (Lipinski definition) is 3. The molecule has 0 aromatic carbocycles. The van der Waals surface area contributed by atoms with Gasteiger partial charge in [0.15, 0.2) is 5.84 Å². The van der Waals surface area contributed by atoms with E-state index in [4.69, 9.17) is 10.9 Å². The highest BCUT2D eigenvalue weighted by Gasteiger charge is 2.40. The highest BCUT2D eigenvalue weighted by molar-refractivity contribution is 6.02. The maximum atomic E-state index is 11.8. The Bertz CT molecular complexity index is 272. The zero-order valence-corrected chi connectivity index (χ0v) is 9.29. The molecule has 5 heteroatoms. The van der Waals surface area contributed by atoms with E-state index in [0.29, 0.717) is 6.42 Å². The zero-order valence-electron chi connectivity index (χ0n) is 9.29. The van der Waals surface area contributed by atoms with Crippen LogP contribution in [0.15, 0.2) is 5.16 Å². The molecular weight excluding hydrogens is 194 g/mol. The molecule has 0 bridgehead atoms. The van der Waals surface area contributed by atoms with E-state index in [9.17, 15) is 4.79 Å². The summed E-state index contributed by atoms with van der Waals surface area (Å²) in [6.45, 7) is 3.96. The lowest BCUT2D eigenvalue weighted by Gasteiger charge is -2.18. The van der Waals surface area contributed by atoms with E-state index in [1.165, 1.54) is 0 Å². The van der Waals surface area contributed by atoms with Gasteiger partial charge in [-0.15, -0.1) is 0 Å². The zero-order chi connectivity index (χ0) is 11.5. The van der Waals surface area contributed by atoms with Crippen molar-refractivity contribution in [2.24, 2.45) is 16.8 Å². The number of nitrogens with two attached hydrogens (primary N) is 1. The van der Waals surface area contributed by atoms with Gasteiger partial charge in [-0.3, -0.25) is 4.79 Å². The molecule has 0 aromatic rings. The number of nitrogens with one attached hydrogen (secondary N) is 1. The summed E-state index contributed by atoms with van der Waals surface area (Å²) in [5.41, 5.74) is 5.43. The Labute approximate surface area is 89.7 Å². The summed E-state index contributed by atoms with van der Waals surface area (Å²) < 4.78 is 0. The molecule has 1 amide bonds. The molecular formula is C10H19N3O2. The van der Waals surface area contributed by atoms with Crippen molar-refractivity contribution in [3.63, 3.8) is 0 Å². The molecule has 1 aliphatic rings. The average Bonchev–Trinajstić information content (AvgIpc) is 2.91. The second kappa shape index (κ2) is 4.51. The van der Waals surface area contributed by atoms with E-state index < -0.39 is 5.92 Å². The first-order valence-electron chi connectivity index (χ1n) is 5.32. The molecule has 15 heavy (non-hydrogen) atoms. The van der Waals surface area contributed by atoms with E-state index >= 15 is 0 Å². The largest absolute Gasteiger partial charge is 0.409 e. The summed E-state index contributed by atoms with van der Waals surface area (Å²) in [6, 6.07) is 0. The second-order valence-electron chi connectivity index (χ2n) is 4.42. The Morgan fingerprint density at radius 2 is 2.27 bits per heavy atom. The van der Waals surface area contributed by atoms with Gasteiger partial charge in [-0.1, -0.05) is 18.5 Å². The van der Waals surface area contributed by atoms with Gasteiger partial charge in [0.1, 0.15) is 0 Å². The van der Waals surface area contributed by atoms with Crippen LogP contribution in [0.3, 0.4) is 0 Å². The van der Waals surface area contributed by atoms with Crippen LogP contribution in [-0.4, -0.2) is 22.5 Å². The van der Waals surface area contributed by atoms with Crippen molar-refractivity contribution in [1.82, 2.24) is 5.32 Å². The van der Waals surface area contributed by atoms with Crippen molar-refractivity contribution in [2.75, 3.05) is 0 Å². The SMILES string of the molecule is CCCC(C(=O)NC1(C)CC1)C(N)=NO. The van der Waals surface area contributed by atoms with E-state index in [1.807, 2.05) is 13.8 Å². The standard InChI is InChI=1S/C10H19N3O2/c1-3-4-7(8(11)13-15)9(14)12-10(2)5-6-10/h7,15H,3-6H2,1-2H3,(H2,11,13)(H,12,14). The quantitative estimate of drug-likeness (QED) is 0.273. The van der Waals surface area contributed by atoms with Gasteiger partial charge in [-0.05, 0) is 26.2 Å². The van der Waals surface area contributed by atoms with Crippen LogP contribution in [0.4, 0.5) is 0 Å². The summed E-state index contributed by atoms with van der Waals surface area (Å²) in [5, 5.41) is 14.4. The van der Waals surface area contributed by atoms with Crippen molar-refractivity contribution in [3.05, 3.63) is 0 Å². The minimum absolute atomic E-state index is 0.00130. The smallest absolute Gasteiger partial charge is 0.231 e. The molecule has 1 fully saturated rings. The Kier molecular flexibility index (Phi) is 3.55. The third kappa shape index (κ3) is 3.11. The average molecular weight is 213 g/mol. The van der Waals surface area contributed by atoms with Gasteiger partial charge < -0.3 is 16.3 Å². The predicted octanol–water partition coefficient (Wildman–Crippen LogP) is 0.818. The molecule has 0 heterocycles. The number of amidine groups is 1. The van der Waals surface area contributed by atoms with Gasteiger partial charge in [0.2, 0.25) is 5.91 Å². The maximum absolute atomic E-state index is 11.8. The minimum atomic E-state index is -0.502. The number of amides is 1. The Balaban J connectivity index is 2.58. The molecule has 1 rings (SSSR count). The Hall–Kier alpha value is -1.26. The highest BCUT2D eigenvalue weighted by atomic mass is 16.4. The first-order valence-corrected chi connectivity index (χ1v) is 5.32. The minimum Gasteiger partial charge on any atom is -0.409 e. The van der Waals surface area contributed by atoms with Crippen LogP contribution in [0.2, 0.25) is 0 Å². The first-order chi connectivity index (χ1) is 7.02. The van der Waals surface area contributed by atoms with Gasteiger partial charge in [0.05, 0.1) is 5.92 Å². The van der Waals surface area contributed by atoms with Crippen molar-refractivity contribution < 1.29 is 10.0 Å². The van der Waals surface area contributed by atoms with E-state index in [0.717, 1.165) is 19.3 Å². The van der Waals surface area contributed by atoms with Gasteiger partial charge in [-0.25, -0.2) is 0 Å². The normalized spacial score (nSPS) is 20.8. The first kappa shape index (κ1) is 11.8. The summed E-state index contributed by atoms with van der Waals surface area (Å²) in [4.78, 5) is 11.8. The topological polar surface area (TPSA) is 87.7 Å². The monoisotopic (exact) mass is 213 g/mol. The third-order valence-electron chi connectivity index (χ3n) is 2.79. The fraction of sp³-hybridized carbons (Fsp3) is 0.800. The summed E-state index contributed by atoms with van der Waals surface area (Å²) in [5.74, 6) is -0.636. The van der Waals surface area contributed by atoms with Crippen LogP contribution in [0.5, 0.6) is 0 Å². The lowest BCUT2D eigenvalue weighted by Crippen LogP contribution is -2.43. The molecule has 86 valence electrons. The molecule has 0 radical (unpaired) electrons. The fourth-order valence-electron chi connectivity index (χ4n) is 1.47. The van der Waals surface area contributed by atoms with E-state index in [2.05, 4.69) is 10.5 Å². The lowest BCUT2D eigenvalue weighted by atomic mass is 10.0. The Morgan fingerprint density at radius 3 is 2.67 bits per heavy atom. The molecule has 1 aliphatic carbocycles. The lowest BCUT2D eigenvalue weighted by molar-refractivity contribution is -0.124. The molecule has 5 nitrogen and oxygen atoms in total. The van der Waals surface area contributed by atoms with Crippen molar-refractivity contribution in [1.29, 1.82) is 0 Å². The summed E-state index contributed by atoms with van der Waals surface area (Å²) in [6.07, 6.45) is 3.45. The van der Waals surface area contributed by atoms with E-state index in [-0.39, 0.29) is 17.3 Å². The van der Waals surface area contributed by atoms with Gasteiger partial charge >= 0.3 is 0 Å². The van der Waals surface area contributed by atoms with Gasteiger partial charge in [-0.2, -0.15) is 0 Å². The predicted molar refractivity (Wildman–Crippen MR) is 57.6 cm³/mol. The van der Waals surface area contributed by atoms with Crippen LogP contribution >= 0.6 is 0 Å². The molecule has 1 saturated carbocycles. The second-order valence-corrected chi connectivity index (χ2v) is 4.42. The molecule has 0 aromatic heterocycles. The van der Waals surface area contributed by atoms with Crippen LogP contribution in [0.1, 0.15) is 39.5 Å². The molecule has 0 aliphatic heterocycles. The van der Waals surface area contributed by atoms with Gasteiger partial charge in [0, 0.05) is 5.54 Å². The van der Waals surface area contributed by atoms with Gasteiger partial charge in [0.25, 0.3) is 0 Å². The number of carbonyl (C=O) groups is 1. The molecule has 0 spiro atoms. The van der Waals surface area contributed by atoms with Crippen LogP contribution in [0.25, 0.3) is 0 Å². The molecule has 1 unspecified atom stereocenters. The Morgan fingerprint density at radius 1 is 1.67 bits per heavy atom. The van der Waals surface area contributed by atoms with Crippen LogP contribution in [-0.2, 0) is 4.79 Å². The van der Waals surface area contributed by atoms with Crippen molar-refractivity contribution >= 4 is 11.7 Å². The number of hydrogen-bond donors (Lipinski definition) is 3. The number of rotatable bonds is 5. The van der Waals surface area contributed by atoms with E-state index in [1.54, 1.807) is 0 Å². The number of carbonyl (C=O) groups excluding carboxylic acids is 1.